The number of nitrogens with two attached hydrogens (primary N) is 1. The summed E-state index contributed by atoms with van der Waals surface area (Å²) in [7, 11) is 0. The molecule has 0 radical (unpaired) electrons. The molecule has 0 saturated carbocycles. The minimum absolute atomic E-state index is 0.0954. The number of aromatic nitrogens is 2. The quantitative estimate of drug-likeness (QED) is 0.546. The van der Waals surface area contributed by atoms with Gasteiger partial charge in [0.1, 0.15) is 0 Å². The van der Waals surface area contributed by atoms with Crippen LogP contribution in [0.15, 0.2) is 18.5 Å². The molecule has 18 heavy (non-hydrogen) atoms. The highest BCUT2D eigenvalue weighted by Gasteiger charge is 2.13. The summed E-state index contributed by atoms with van der Waals surface area (Å²) in [5.74, 6) is -1.26. The van der Waals surface area contributed by atoms with Gasteiger partial charge >= 0.3 is 5.97 Å². The second kappa shape index (κ2) is 7.44. The number of rotatable bonds is 8. The number of carbonyl (C=O) groups excluding carboxylic acids is 1. The maximum absolute atomic E-state index is 11.5. The fraction of sp³-hybridized carbons (Fsp3) is 0.545. The summed E-state index contributed by atoms with van der Waals surface area (Å²) in [6, 6.07) is 1.08. The van der Waals surface area contributed by atoms with Gasteiger partial charge in [-0.1, -0.05) is 0 Å². The molecular weight excluding hydrogens is 236 g/mol. The molecule has 1 amide bonds. The minimum Gasteiger partial charge on any atom is -0.481 e. The van der Waals surface area contributed by atoms with Crippen molar-refractivity contribution in [3.05, 3.63) is 18.5 Å². The zero-order valence-electron chi connectivity index (χ0n) is 10.1. The van der Waals surface area contributed by atoms with Crippen LogP contribution in [0, 0.1) is 0 Å². The fourth-order valence-corrected chi connectivity index (χ4v) is 1.43. The van der Waals surface area contributed by atoms with Gasteiger partial charge in [0.15, 0.2) is 0 Å². The zero-order chi connectivity index (χ0) is 13.4. The molecule has 1 rings (SSSR count). The van der Waals surface area contributed by atoms with Crippen molar-refractivity contribution in [2.45, 2.75) is 31.8 Å². The molecule has 0 aliphatic rings. The van der Waals surface area contributed by atoms with Gasteiger partial charge in [-0.25, -0.2) is 0 Å². The van der Waals surface area contributed by atoms with E-state index in [2.05, 4.69) is 10.4 Å². The molecule has 0 spiro atoms. The fourth-order valence-electron chi connectivity index (χ4n) is 1.43. The molecule has 1 heterocycles. The summed E-state index contributed by atoms with van der Waals surface area (Å²) in [6.07, 6.45) is 4.35. The first-order valence-electron chi connectivity index (χ1n) is 5.82. The maximum Gasteiger partial charge on any atom is 0.303 e. The summed E-state index contributed by atoms with van der Waals surface area (Å²) in [5.41, 5.74) is 5.55. The Kier molecular flexibility index (Phi) is 5.86. The zero-order valence-corrected chi connectivity index (χ0v) is 10.1. The Morgan fingerprint density at radius 2 is 2.28 bits per heavy atom. The third-order valence-electron chi connectivity index (χ3n) is 2.43. The number of amides is 1. The van der Waals surface area contributed by atoms with Gasteiger partial charge in [-0.15, -0.1) is 0 Å². The number of carboxylic acids is 1. The molecule has 100 valence electrons. The first-order valence-corrected chi connectivity index (χ1v) is 5.82. The van der Waals surface area contributed by atoms with Crippen LogP contribution in [0.3, 0.4) is 0 Å². The summed E-state index contributed by atoms with van der Waals surface area (Å²) in [4.78, 5) is 21.8. The van der Waals surface area contributed by atoms with E-state index in [0.29, 0.717) is 6.54 Å². The molecule has 0 aliphatic carbocycles. The summed E-state index contributed by atoms with van der Waals surface area (Å²) in [5, 5.41) is 15.2. The topological polar surface area (TPSA) is 110 Å². The number of nitrogens with one attached hydrogen (secondary N) is 1. The Balaban J connectivity index is 2.10. The van der Waals surface area contributed by atoms with E-state index in [1.54, 1.807) is 10.9 Å². The molecule has 0 aromatic carbocycles. The van der Waals surface area contributed by atoms with Crippen molar-refractivity contribution in [2.24, 2.45) is 5.73 Å². The average Bonchev–Trinajstić information content (AvgIpc) is 2.84. The largest absolute Gasteiger partial charge is 0.481 e. The monoisotopic (exact) mass is 254 g/mol. The van der Waals surface area contributed by atoms with Crippen LogP contribution in [0.2, 0.25) is 0 Å². The van der Waals surface area contributed by atoms with Crippen LogP contribution in [-0.2, 0) is 16.1 Å². The number of aryl methyl sites for hydroxylation is 1. The molecule has 4 N–H and O–H groups in total. The lowest BCUT2D eigenvalue weighted by Gasteiger charge is -2.11. The number of carboxylic acid groups (broad SMARTS) is 1. The van der Waals surface area contributed by atoms with E-state index >= 15 is 0 Å². The first kappa shape index (κ1) is 14.2. The van der Waals surface area contributed by atoms with Gasteiger partial charge in [0.2, 0.25) is 5.91 Å². The van der Waals surface area contributed by atoms with Gasteiger partial charge in [-0.05, 0) is 18.9 Å². The molecule has 7 heteroatoms. The van der Waals surface area contributed by atoms with E-state index in [-0.39, 0.29) is 18.7 Å². The molecule has 1 aromatic rings. The van der Waals surface area contributed by atoms with Crippen molar-refractivity contribution in [3.63, 3.8) is 0 Å². The number of nitrogens with zero attached hydrogens (tertiary/aromatic N) is 2. The molecule has 1 aromatic heterocycles. The third-order valence-corrected chi connectivity index (χ3v) is 2.43. The van der Waals surface area contributed by atoms with E-state index in [1.165, 1.54) is 0 Å². The summed E-state index contributed by atoms with van der Waals surface area (Å²) < 4.78 is 1.77. The van der Waals surface area contributed by atoms with Gasteiger partial charge in [0.25, 0.3) is 0 Å². The van der Waals surface area contributed by atoms with Gasteiger partial charge in [-0.3, -0.25) is 14.3 Å². The second-order valence-corrected chi connectivity index (χ2v) is 3.95. The Morgan fingerprint density at radius 3 is 2.89 bits per heavy atom. The maximum atomic E-state index is 11.5. The lowest BCUT2D eigenvalue weighted by Crippen LogP contribution is -2.41. The standard InChI is InChI=1S/C11H18N4O3/c12-9(3-4-10(16)17)11(18)13-5-1-7-15-8-2-6-14-15/h2,6,8-9H,1,3-5,7,12H2,(H,13,18)(H,16,17). The highest BCUT2D eigenvalue weighted by Crippen LogP contribution is 1.95. The predicted octanol–water partition coefficient (Wildman–Crippen LogP) is -0.418. The van der Waals surface area contributed by atoms with Gasteiger partial charge < -0.3 is 16.2 Å². The van der Waals surface area contributed by atoms with Crippen molar-refractivity contribution in [2.75, 3.05) is 6.54 Å². The lowest BCUT2D eigenvalue weighted by atomic mass is 10.1. The average molecular weight is 254 g/mol. The van der Waals surface area contributed by atoms with Gasteiger partial charge in [-0.2, -0.15) is 5.10 Å². The van der Waals surface area contributed by atoms with Crippen molar-refractivity contribution < 1.29 is 14.7 Å². The second-order valence-electron chi connectivity index (χ2n) is 3.95. The molecule has 1 unspecified atom stereocenters. The van der Waals surface area contributed by atoms with Crippen LogP contribution in [-0.4, -0.2) is 39.4 Å². The Labute approximate surface area is 105 Å². The van der Waals surface area contributed by atoms with Gasteiger partial charge in [0.05, 0.1) is 6.04 Å². The Bertz CT molecular complexity index is 378. The molecule has 0 aliphatic heterocycles. The Morgan fingerprint density at radius 1 is 1.50 bits per heavy atom. The van der Waals surface area contributed by atoms with Crippen LogP contribution in [0.4, 0.5) is 0 Å². The van der Waals surface area contributed by atoms with Crippen LogP contribution >= 0.6 is 0 Å². The van der Waals surface area contributed by atoms with Crippen molar-refractivity contribution in [1.29, 1.82) is 0 Å². The number of hydrogen-bond donors (Lipinski definition) is 3. The molecule has 0 bridgehead atoms. The van der Waals surface area contributed by atoms with E-state index in [4.69, 9.17) is 10.8 Å². The van der Waals surface area contributed by atoms with Gasteiger partial charge in [0, 0.05) is 31.9 Å². The third kappa shape index (κ3) is 5.44. The molecule has 0 saturated heterocycles. The van der Waals surface area contributed by atoms with Crippen LogP contribution in [0.1, 0.15) is 19.3 Å². The van der Waals surface area contributed by atoms with Crippen LogP contribution in [0.5, 0.6) is 0 Å². The van der Waals surface area contributed by atoms with Crippen molar-refractivity contribution in [3.8, 4) is 0 Å². The van der Waals surface area contributed by atoms with E-state index < -0.39 is 12.0 Å². The Hall–Kier alpha value is -1.89. The molecule has 7 nitrogen and oxygen atoms in total. The SMILES string of the molecule is NC(CCC(=O)O)C(=O)NCCCn1cccn1. The summed E-state index contributed by atoms with van der Waals surface area (Å²) >= 11 is 0. The number of hydrogen-bond acceptors (Lipinski definition) is 4. The number of carbonyl (C=O) groups is 2. The van der Waals surface area contributed by atoms with E-state index in [0.717, 1.165) is 13.0 Å². The minimum atomic E-state index is -0.947. The van der Waals surface area contributed by atoms with Crippen LogP contribution < -0.4 is 11.1 Å². The highest BCUT2D eigenvalue weighted by atomic mass is 16.4. The predicted molar refractivity (Wildman–Crippen MR) is 64.7 cm³/mol. The van der Waals surface area contributed by atoms with E-state index in [1.807, 2.05) is 12.3 Å². The molecular formula is C11H18N4O3. The molecule has 0 fully saturated rings. The highest BCUT2D eigenvalue weighted by molar-refractivity contribution is 5.82. The first-order chi connectivity index (χ1) is 8.59. The van der Waals surface area contributed by atoms with Crippen LogP contribution in [0.25, 0.3) is 0 Å². The van der Waals surface area contributed by atoms with Crippen molar-refractivity contribution in [1.82, 2.24) is 15.1 Å². The molecule has 1 atom stereocenters. The van der Waals surface area contributed by atoms with Crippen molar-refractivity contribution >= 4 is 11.9 Å². The number of aliphatic carboxylic acids is 1. The van der Waals surface area contributed by atoms with E-state index in [9.17, 15) is 9.59 Å². The lowest BCUT2D eigenvalue weighted by molar-refractivity contribution is -0.137. The normalized spacial score (nSPS) is 12.1. The summed E-state index contributed by atoms with van der Waals surface area (Å²) in [6.45, 7) is 1.22. The smallest absolute Gasteiger partial charge is 0.303 e.